The third kappa shape index (κ3) is 2.51. The van der Waals surface area contributed by atoms with Crippen LogP contribution in [0.3, 0.4) is 0 Å². The molecule has 0 aliphatic carbocycles. The Hall–Kier alpha value is -1.74. The summed E-state index contributed by atoms with van der Waals surface area (Å²) in [6.45, 7) is 1.95. The largest absolute Gasteiger partial charge is 0.396 e. The highest BCUT2D eigenvalue weighted by Crippen LogP contribution is 2.32. The molecule has 1 fully saturated rings. The first kappa shape index (κ1) is 12.3. The van der Waals surface area contributed by atoms with Gasteiger partial charge in [-0.15, -0.1) is 0 Å². The highest BCUT2D eigenvalue weighted by molar-refractivity contribution is 6.30. The summed E-state index contributed by atoms with van der Waals surface area (Å²) >= 11 is 5.89. The second-order valence-corrected chi connectivity index (χ2v) is 5.35. The minimum absolute atomic E-state index is 0.554. The Balaban J connectivity index is 1.79. The topological polar surface area (TPSA) is 42.1 Å². The number of aromatic nitrogens is 1. The summed E-state index contributed by atoms with van der Waals surface area (Å²) in [5.74, 6) is 1.40. The molecular weight excluding hydrogens is 258 g/mol. The van der Waals surface area contributed by atoms with Gasteiger partial charge in [-0.05, 0) is 18.1 Å². The Morgan fingerprint density at radius 1 is 1.26 bits per heavy atom. The summed E-state index contributed by atoms with van der Waals surface area (Å²) in [4.78, 5) is 6.60. The number of pyridine rings is 1. The van der Waals surface area contributed by atoms with Gasteiger partial charge in [-0.1, -0.05) is 41.9 Å². The van der Waals surface area contributed by atoms with Gasteiger partial charge in [0.15, 0.2) is 5.82 Å². The molecule has 2 heterocycles. The number of halogens is 1. The first-order valence-electron chi connectivity index (χ1n) is 6.45. The minimum Gasteiger partial charge on any atom is -0.396 e. The second kappa shape index (κ2) is 5.10. The number of hydrogen-bond donors (Lipinski definition) is 1. The van der Waals surface area contributed by atoms with E-state index in [0.29, 0.717) is 16.6 Å². The van der Waals surface area contributed by atoms with Gasteiger partial charge in [0.1, 0.15) is 0 Å². The van der Waals surface area contributed by atoms with Gasteiger partial charge in [-0.25, -0.2) is 4.98 Å². The molecule has 2 aromatic rings. The molecule has 3 nitrogen and oxygen atoms in total. The molecule has 1 aliphatic heterocycles. The number of hydrogen-bond acceptors (Lipinski definition) is 3. The Kier molecular flexibility index (Phi) is 3.30. The van der Waals surface area contributed by atoms with Gasteiger partial charge in [0.05, 0.1) is 10.7 Å². The van der Waals surface area contributed by atoms with Crippen molar-refractivity contribution in [3.8, 4) is 0 Å². The van der Waals surface area contributed by atoms with Gasteiger partial charge < -0.3 is 10.6 Å². The smallest absolute Gasteiger partial charge is 0.151 e. The van der Waals surface area contributed by atoms with Crippen LogP contribution >= 0.6 is 11.6 Å². The molecular formula is C15H16ClN3. The number of nitrogen functional groups attached to an aromatic ring is 1. The van der Waals surface area contributed by atoms with Crippen LogP contribution in [0.15, 0.2) is 42.6 Å². The molecule has 0 spiro atoms. The fraction of sp³-hybridized carbons (Fsp3) is 0.267. The lowest BCUT2D eigenvalue weighted by molar-refractivity contribution is 0.774. The maximum Gasteiger partial charge on any atom is 0.151 e. The van der Waals surface area contributed by atoms with Crippen LogP contribution in [0.25, 0.3) is 0 Å². The van der Waals surface area contributed by atoms with E-state index in [2.05, 4.69) is 40.2 Å². The van der Waals surface area contributed by atoms with Gasteiger partial charge >= 0.3 is 0 Å². The summed E-state index contributed by atoms with van der Waals surface area (Å²) in [6, 6.07) is 12.4. The van der Waals surface area contributed by atoms with Crippen LogP contribution in [-0.2, 0) is 0 Å². The van der Waals surface area contributed by atoms with E-state index in [-0.39, 0.29) is 0 Å². The van der Waals surface area contributed by atoms with Gasteiger partial charge in [-0.2, -0.15) is 0 Å². The number of benzene rings is 1. The molecule has 0 saturated carbocycles. The number of rotatable bonds is 2. The molecule has 2 N–H and O–H groups in total. The van der Waals surface area contributed by atoms with Crippen LogP contribution < -0.4 is 10.6 Å². The molecule has 1 aromatic carbocycles. The second-order valence-electron chi connectivity index (χ2n) is 4.91. The predicted octanol–water partition coefficient (Wildman–Crippen LogP) is 3.31. The zero-order valence-corrected chi connectivity index (χ0v) is 11.3. The van der Waals surface area contributed by atoms with Crippen LogP contribution in [0.4, 0.5) is 11.5 Å². The number of nitrogens with two attached hydrogens (primary N) is 1. The van der Waals surface area contributed by atoms with E-state index < -0.39 is 0 Å². The first-order chi connectivity index (χ1) is 9.24. The lowest BCUT2D eigenvalue weighted by atomic mass is 9.99. The van der Waals surface area contributed by atoms with Gasteiger partial charge in [0, 0.05) is 25.2 Å². The monoisotopic (exact) mass is 273 g/mol. The van der Waals surface area contributed by atoms with Crippen LogP contribution in [0.1, 0.15) is 17.9 Å². The molecule has 3 rings (SSSR count). The van der Waals surface area contributed by atoms with Crippen LogP contribution in [-0.4, -0.2) is 18.1 Å². The van der Waals surface area contributed by atoms with Crippen molar-refractivity contribution in [2.75, 3.05) is 23.7 Å². The lowest BCUT2D eigenvalue weighted by Gasteiger charge is -2.19. The summed E-state index contributed by atoms with van der Waals surface area (Å²) in [5, 5.41) is 0.583. The first-order valence-corrected chi connectivity index (χ1v) is 6.83. The van der Waals surface area contributed by atoms with Crippen molar-refractivity contribution in [1.82, 2.24) is 4.98 Å². The Labute approximate surface area is 118 Å². The zero-order valence-electron chi connectivity index (χ0n) is 10.6. The summed E-state index contributed by atoms with van der Waals surface area (Å²) in [5.41, 5.74) is 8.04. The van der Waals surface area contributed by atoms with Crippen molar-refractivity contribution in [3.63, 3.8) is 0 Å². The molecule has 19 heavy (non-hydrogen) atoms. The lowest BCUT2D eigenvalue weighted by Crippen LogP contribution is -2.21. The van der Waals surface area contributed by atoms with E-state index >= 15 is 0 Å². The van der Waals surface area contributed by atoms with E-state index in [4.69, 9.17) is 17.3 Å². The predicted molar refractivity (Wildman–Crippen MR) is 79.7 cm³/mol. The third-order valence-corrected chi connectivity index (χ3v) is 3.83. The molecule has 1 unspecified atom stereocenters. The molecule has 98 valence electrons. The number of nitrogens with zero attached hydrogens (tertiary/aromatic N) is 2. The maximum atomic E-state index is 6.00. The van der Waals surface area contributed by atoms with Crippen LogP contribution in [0.5, 0.6) is 0 Å². The standard InChI is InChI=1S/C15H16ClN3/c16-13-8-14(17)15(18-9-13)19-7-6-12(10-19)11-4-2-1-3-5-11/h1-5,8-9,12H,6-7,10,17H2. The SMILES string of the molecule is Nc1cc(Cl)cnc1N1CCC(c2ccccc2)C1. The van der Waals surface area contributed by atoms with Gasteiger partial charge in [0.2, 0.25) is 0 Å². The third-order valence-electron chi connectivity index (χ3n) is 3.62. The van der Waals surface area contributed by atoms with E-state index in [1.165, 1.54) is 5.56 Å². The fourth-order valence-electron chi connectivity index (χ4n) is 2.66. The van der Waals surface area contributed by atoms with Crippen molar-refractivity contribution >= 4 is 23.1 Å². The fourth-order valence-corrected chi connectivity index (χ4v) is 2.83. The average molecular weight is 274 g/mol. The van der Waals surface area contributed by atoms with Gasteiger partial charge in [0.25, 0.3) is 0 Å². The zero-order chi connectivity index (χ0) is 13.2. The Morgan fingerprint density at radius 2 is 2.05 bits per heavy atom. The van der Waals surface area contributed by atoms with E-state index in [0.717, 1.165) is 25.3 Å². The molecule has 4 heteroatoms. The number of anilines is 2. The summed E-state index contributed by atoms with van der Waals surface area (Å²) in [6.07, 6.45) is 2.79. The Morgan fingerprint density at radius 3 is 2.79 bits per heavy atom. The molecule has 1 aromatic heterocycles. The highest BCUT2D eigenvalue weighted by Gasteiger charge is 2.25. The normalized spacial score (nSPS) is 18.8. The van der Waals surface area contributed by atoms with Crippen molar-refractivity contribution in [2.45, 2.75) is 12.3 Å². The minimum atomic E-state index is 0.554. The molecule has 1 atom stereocenters. The highest BCUT2D eigenvalue weighted by atomic mass is 35.5. The maximum absolute atomic E-state index is 6.00. The van der Waals surface area contributed by atoms with Crippen molar-refractivity contribution in [2.24, 2.45) is 0 Å². The van der Waals surface area contributed by atoms with E-state index in [1.54, 1.807) is 12.3 Å². The molecule has 0 amide bonds. The molecule has 1 saturated heterocycles. The van der Waals surface area contributed by atoms with Crippen LogP contribution in [0, 0.1) is 0 Å². The van der Waals surface area contributed by atoms with Crippen molar-refractivity contribution in [3.05, 3.63) is 53.2 Å². The van der Waals surface area contributed by atoms with E-state index in [9.17, 15) is 0 Å². The average Bonchev–Trinajstić information content (AvgIpc) is 2.89. The van der Waals surface area contributed by atoms with E-state index in [1.807, 2.05) is 0 Å². The van der Waals surface area contributed by atoms with Gasteiger partial charge in [-0.3, -0.25) is 0 Å². The van der Waals surface area contributed by atoms with Crippen LogP contribution in [0.2, 0.25) is 5.02 Å². The Bertz CT molecular complexity index is 571. The summed E-state index contributed by atoms with van der Waals surface area (Å²) < 4.78 is 0. The molecule has 0 bridgehead atoms. The summed E-state index contributed by atoms with van der Waals surface area (Å²) in [7, 11) is 0. The quantitative estimate of drug-likeness (QED) is 0.913. The molecule has 0 radical (unpaired) electrons. The van der Waals surface area contributed by atoms with Crippen molar-refractivity contribution in [1.29, 1.82) is 0 Å². The molecule has 1 aliphatic rings. The van der Waals surface area contributed by atoms with Crippen molar-refractivity contribution < 1.29 is 0 Å².